The molecule has 0 amide bonds. The van der Waals surface area contributed by atoms with Crippen molar-refractivity contribution in [2.45, 2.75) is 38.3 Å². The molecule has 3 rings (SSSR count). The van der Waals surface area contributed by atoms with Crippen molar-refractivity contribution in [3.63, 3.8) is 0 Å². The monoisotopic (exact) mass is 265 g/mol. The molecule has 1 unspecified atom stereocenters. The van der Waals surface area contributed by atoms with Crippen LogP contribution in [0.15, 0.2) is 12.1 Å². The molecule has 1 atom stereocenters. The second kappa shape index (κ2) is 4.67. The Morgan fingerprint density at radius 3 is 2.84 bits per heavy atom. The highest BCUT2D eigenvalue weighted by molar-refractivity contribution is 5.53. The fourth-order valence-electron chi connectivity index (χ4n) is 2.80. The third kappa shape index (κ3) is 2.41. The first-order valence-corrected chi connectivity index (χ1v) is 6.89. The highest BCUT2D eigenvalue weighted by Gasteiger charge is 2.29. The van der Waals surface area contributed by atoms with Crippen molar-refractivity contribution in [2.75, 3.05) is 19.9 Å². The van der Waals surface area contributed by atoms with Crippen LogP contribution in [-0.4, -0.2) is 19.9 Å². The molecular formula is C15H20FNO2. The molecule has 0 aromatic heterocycles. The Labute approximate surface area is 113 Å². The van der Waals surface area contributed by atoms with Crippen LogP contribution >= 0.6 is 0 Å². The third-order valence-electron chi connectivity index (χ3n) is 3.92. The van der Waals surface area contributed by atoms with Crippen molar-refractivity contribution in [2.24, 2.45) is 0 Å². The van der Waals surface area contributed by atoms with E-state index in [-0.39, 0.29) is 6.79 Å². The number of ether oxygens (including phenoxy) is 2. The van der Waals surface area contributed by atoms with E-state index in [9.17, 15) is 4.39 Å². The lowest BCUT2D eigenvalue weighted by Gasteiger charge is -2.26. The molecule has 1 aromatic rings. The number of nitrogens with one attached hydrogen (secondary N) is 1. The fourth-order valence-corrected chi connectivity index (χ4v) is 2.80. The Hall–Kier alpha value is -1.29. The van der Waals surface area contributed by atoms with Crippen LogP contribution in [0.4, 0.5) is 4.39 Å². The minimum Gasteiger partial charge on any atom is -0.454 e. The predicted molar refractivity (Wildman–Crippen MR) is 71.5 cm³/mol. The van der Waals surface area contributed by atoms with E-state index < -0.39 is 5.67 Å². The number of halogens is 1. The van der Waals surface area contributed by atoms with Crippen molar-refractivity contribution >= 4 is 0 Å². The number of hydrogen-bond acceptors (Lipinski definition) is 3. The molecule has 0 spiro atoms. The van der Waals surface area contributed by atoms with E-state index in [1.165, 1.54) is 0 Å². The summed E-state index contributed by atoms with van der Waals surface area (Å²) in [5, 5.41) is 3.39. The highest BCUT2D eigenvalue weighted by atomic mass is 19.1. The number of alkyl halides is 1. The minimum atomic E-state index is -1.36. The van der Waals surface area contributed by atoms with Gasteiger partial charge in [0.2, 0.25) is 6.79 Å². The van der Waals surface area contributed by atoms with Gasteiger partial charge in [0.05, 0.1) is 0 Å². The molecule has 1 aromatic carbocycles. The Morgan fingerprint density at radius 2 is 2.16 bits per heavy atom. The van der Waals surface area contributed by atoms with Crippen molar-refractivity contribution in [3.8, 4) is 11.5 Å². The van der Waals surface area contributed by atoms with Crippen LogP contribution in [0.2, 0.25) is 0 Å². The topological polar surface area (TPSA) is 30.5 Å². The molecule has 4 heteroatoms. The van der Waals surface area contributed by atoms with Crippen LogP contribution in [0, 0.1) is 0 Å². The van der Waals surface area contributed by atoms with Crippen molar-refractivity contribution in [3.05, 3.63) is 23.3 Å². The Morgan fingerprint density at radius 1 is 1.32 bits per heavy atom. The lowest BCUT2D eigenvalue weighted by molar-refractivity contribution is 0.172. The molecule has 0 aliphatic carbocycles. The van der Waals surface area contributed by atoms with E-state index in [1.54, 1.807) is 19.9 Å². The third-order valence-corrected chi connectivity index (χ3v) is 3.92. The predicted octanol–water partition coefficient (Wildman–Crippen LogP) is 3.09. The van der Waals surface area contributed by atoms with Crippen LogP contribution in [0.25, 0.3) is 0 Å². The van der Waals surface area contributed by atoms with Gasteiger partial charge in [0.25, 0.3) is 0 Å². The summed E-state index contributed by atoms with van der Waals surface area (Å²) in [6.45, 7) is 5.37. The summed E-state index contributed by atoms with van der Waals surface area (Å²) >= 11 is 0. The van der Waals surface area contributed by atoms with Gasteiger partial charge in [-0.25, -0.2) is 4.39 Å². The van der Waals surface area contributed by atoms with E-state index in [0.717, 1.165) is 37.2 Å². The van der Waals surface area contributed by atoms with Gasteiger partial charge in [-0.1, -0.05) is 0 Å². The zero-order valence-corrected chi connectivity index (χ0v) is 11.5. The van der Waals surface area contributed by atoms with Crippen LogP contribution in [0.5, 0.6) is 11.5 Å². The van der Waals surface area contributed by atoms with Gasteiger partial charge >= 0.3 is 0 Å². The Balaban J connectivity index is 2.04. The number of fused-ring (bicyclic) bond motifs is 1. The molecule has 19 heavy (non-hydrogen) atoms. The molecule has 0 bridgehead atoms. The quantitative estimate of drug-likeness (QED) is 0.891. The molecule has 0 saturated carbocycles. The number of rotatable bonds is 2. The van der Waals surface area contributed by atoms with E-state index in [4.69, 9.17) is 9.47 Å². The maximum absolute atomic E-state index is 14.2. The number of piperidine rings is 1. The first kappa shape index (κ1) is 12.7. The van der Waals surface area contributed by atoms with Gasteiger partial charge in [0.15, 0.2) is 11.5 Å². The summed E-state index contributed by atoms with van der Waals surface area (Å²) in [6.07, 6.45) is 2.25. The number of hydrogen-bond donors (Lipinski definition) is 1. The van der Waals surface area contributed by atoms with Crippen molar-refractivity contribution in [1.82, 2.24) is 5.32 Å². The van der Waals surface area contributed by atoms with Crippen LogP contribution in [0.3, 0.4) is 0 Å². The summed E-state index contributed by atoms with van der Waals surface area (Å²) in [5.41, 5.74) is 0.387. The van der Waals surface area contributed by atoms with Gasteiger partial charge in [-0.2, -0.15) is 0 Å². The highest BCUT2D eigenvalue weighted by Crippen LogP contribution is 2.44. The lowest BCUT2D eigenvalue weighted by Crippen LogP contribution is -2.28. The zero-order valence-electron chi connectivity index (χ0n) is 11.5. The molecule has 2 heterocycles. The molecule has 0 radical (unpaired) electrons. The molecule has 2 aliphatic rings. The van der Waals surface area contributed by atoms with Crippen molar-refractivity contribution in [1.29, 1.82) is 0 Å². The summed E-state index contributed by atoms with van der Waals surface area (Å²) in [5.74, 6) is 1.87. The SMILES string of the molecule is CC(C)(F)c1cc2c(c(C3CCCNC3)c1)OCO2. The first-order chi connectivity index (χ1) is 9.05. The smallest absolute Gasteiger partial charge is 0.231 e. The van der Waals surface area contributed by atoms with E-state index in [1.807, 2.05) is 6.07 Å². The normalized spacial score (nSPS) is 22.6. The molecule has 3 nitrogen and oxygen atoms in total. The zero-order chi connectivity index (χ0) is 13.5. The van der Waals surface area contributed by atoms with Gasteiger partial charge in [-0.3, -0.25) is 0 Å². The summed E-state index contributed by atoms with van der Waals surface area (Å²) < 4.78 is 25.3. The fraction of sp³-hybridized carbons (Fsp3) is 0.600. The largest absolute Gasteiger partial charge is 0.454 e. The second-order valence-electron chi connectivity index (χ2n) is 5.81. The van der Waals surface area contributed by atoms with E-state index in [0.29, 0.717) is 17.2 Å². The maximum atomic E-state index is 14.2. The van der Waals surface area contributed by atoms with Gasteiger partial charge < -0.3 is 14.8 Å². The molecule has 1 fully saturated rings. The molecule has 1 N–H and O–H groups in total. The standard InChI is InChI=1S/C15H20FNO2/c1-15(2,16)11-6-12(10-4-3-5-17-8-10)14-13(7-11)18-9-19-14/h6-7,10,17H,3-5,8-9H2,1-2H3. The molecule has 2 aliphatic heterocycles. The summed E-state index contributed by atoms with van der Waals surface area (Å²) in [7, 11) is 0. The van der Waals surface area contributed by atoms with Gasteiger partial charge in [0, 0.05) is 18.0 Å². The summed E-state index contributed by atoms with van der Waals surface area (Å²) in [4.78, 5) is 0. The maximum Gasteiger partial charge on any atom is 0.231 e. The lowest BCUT2D eigenvalue weighted by atomic mass is 9.87. The molecular weight excluding hydrogens is 245 g/mol. The van der Waals surface area contributed by atoms with Crippen LogP contribution in [0.1, 0.15) is 43.7 Å². The van der Waals surface area contributed by atoms with Crippen LogP contribution < -0.4 is 14.8 Å². The van der Waals surface area contributed by atoms with E-state index in [2.05, 4.69) is 5.32 Å². The van der Waals surface area contributed by atoms with Crippen LogP contribution in [-0.2, 0) is 5.67 Å². The van der Waals surface area contributed by atoms with E-state index >= 15 is 0 Å². The Bertz CT molecular complexity index is 476. The number of benzene rings is 1. The summed E-state index contributed by atoms with van der Waals surface area (Å²) in [6, 6.07) is 3.72. The first-order valence-electron chi connectivity index (χ1n) is 6.89. The Kier molecular flexibility index (Phi) is 3.13. The van der Waals surface area contributed by atoms with Gasteiger partial charge in [0.1, 0.15) is 5.67 Å². The average molecular weight is 265 g/mol. The van der Waals surface area contributed by atoms with Crippen molar-refractivity contribution < 1.29 is 13.9 Å². The second-order valence-corrected chi connectivity index (χ2v) is 5.81. The molecule has 1 saturated heterocycles. The van der Waals surface area contributed by atoms with Gasteiger partial charge in [-0.15, -0.1) is 0 Å². The minimum absolute atomic E-state index is 0.235. The molecule has 104 valence electrons. The average Bonchev–Trinajstić information content (AvgIpc) is 2.85. The van der Waals surface area contributed by atoms with Gasteiger partial charge in [-0.05, 0) is 50.9 Å².